The maximum Gasteiger partial charge on any atom is 0.226 e. The second kappa shape index (κ2) is 7.87. The lowest BCUT2D eigenvalue weighted by Gasteiger charge is -2.34. The van der Waals surface area contributed by atoms with E-state index in [4.69, 9.17) is 9.84 Å². The van der Waals surface area contributed by atoms with Crippen LogP contribution in [0.2, 0.25) is 0 Å². The standard InChI is InChI=1S/C15H22N2O3/c18-12-11-16-7-9-17(10-8-16)15(19)6-13-20-14-4-2-1-3-5-14/h1-5,18H,6-13H2. The molecule has 0 radical (unpaired) electrons. The van der Waals surface area contributed by atoms with Crippen molar-refractivity contribution in [2.24, 2.45) is 0 Å². The van der Waals surface area contributed by atoms with Crippen LogP contribution < -0.4 is 4.74 Å². The van der Waals surface area contributed by atoms with Gasteiger partial charge in [-0.15, -0.1) is 0 Å². The number of aliphatic hydroxyl groups is 1. The molecule has 0 aliphatic carbocycles. The van der Waals surface area contributed by atoms with Gasteiger partial charge in [0.1, 0.15) is 5.75 Å². The first-order chi connectivity index (χ1) is 9.79. The minimum atomic E-state index is 0.143. The van der Waals surface area contributed by atoms with Crippen molar-refractivity contribution in [3.8, 4) is 5.75 Å². The van der Waals surface area contributed by atoms with Gasteiger partial charge in [-0.3, -0.25) is 9.69 Å². The Hall–Kier alpha value is -1.59. The Labute approximate surface area is 119 Å². The van der Waals surface area contributed by atoms with Crippen molar-refractivity contribution in [2.75, 3.05) is 45.9 Å². The molecular weight excluding hydrogens is 256 g/mol. The van der Waals surface area contributed by atoms with Crippen LogP contribution in [0.3, 0.4) is 0 Å². The fourth-order valence-corrected chi connectivity index (χ4v) is 2.29. The summed E-state index contributed by atoms with van der Waals surface area (Å²) in [7, 11) is 0. The molecule has 1 saturated heterocycles. The van der Waals surface area contributed by atoms with Gasteiger partial charge < -0.3 is 14.7 Å². The van der Waals surface area contributed by atoms with Crippen LogP contribution in [0.5, 0.6) is 5.75 Å². The van der Waals surface area contributed by atoms with Gasteiger partial charge in [0, 0.05) is 32.7 Å². The van der Waals surface area contributed by atoms with E-state index >= 15 is 0 Å². The molecule has 1 aliphatic heterocycles. The maximum atomic E-state index is 12.0. The van der Waals surface area contributed by atoms with E-state index in [2.05, 4.69) is 4.90 Å². The van der Waals surface area contributed by atoms with E-state index < -0.39 is 0 Å². The molecule has 5 heteroatoms. The molecule has 0 atom stereocenters. The van der Waals surface area contributed by atoms with Gasteiger partial charge in [0.05, 0.1) is 19.6 Å². The molecule has 110 valence electrons. The zero-order valence-corrected chi connectivity index (χ0v) is 11.7. The van der Waals surface area contributed by atoms with Crippen LogP contribution in [-0.4, -0.2) is 66.8 Å². The molecule has 0 unspecified atom stereocenters. The quantitative estimate of drug-likeness (QED) is 0.827. The van der Waals surface area contributed by atoms with Crippen molar-refractivity contribution in [2.45, 2.75) is 6.42 Å². The predicted molar refractivity (Wildman–Crippen MR) is 76.7 cm³/mol. The number of β-amino-alcohol motifs (C(OH)–C–C–N with tert-alkyl or cyclic N) is 1. The van der Waals surface area contributed by atoms with Crippen LogP contribution >= 0.6 is 0 Å². The highest BCUT2D eigenvalue weighted by Gasteiger charge is 2.20. The summed E-state index contributed by atoms with van der Waals surface area (Å²) in [5.74, 6) is 0.942. The number of amides is 1. The number of nitrogens with zero attached hydrogens (tertiary/aromatic N) is 2. The molecule has 1 amide bonds. The van der Waals surface area contributed by atoms with E-state index in [0.29, 0.717) is 19.6 Å². The number of hydrogen-bond donors (Lipinski definition) is 1. The Kier molecular flexibility index (Phi) is 5.83. The summed E-state index contributed by atoms with van der Waals surface area (Å²) in [5.41, 5.74) is 0. The Bertz CT molecular complexity index is 403. The Balaban J connectivity index is 1.66. The van der Waals surface area contributed by atoms with Crippen LogP contribution in [0.1, 0.15) is 6.42 Å². The van der Waals surface area contributed by atoms with E-state index in [1.165, 1.54) is 0 Å². The lowest BCUT2D eigenvalue weighted by molar-refractivity contribution is -0.133. The van der Waals surface area contributed by atoms with Crippen LogP contribution in [0.4, 0.5) is 0 Å². The monoisotopic (exact) mass is 278 g/mol. The van der Waals surface area contributed by atoms with E-state index in [0.717, 1.165) is 31.9 Å². The van der Waals surface area contributed by atoms with Crippen LogP contribution in [0, 0.1) is 0 Å². The molecule has 0 spiro atoms. The van der Waals surface area contributed by atoms with E-state index in [-0.39, 0.29) is 12.5 Å². The summed E-state index contributed by atoms with van der Waals surface area (Å²) in [6.45, 7) is 4.45. The molecule has 1 aromatic rings. The molecular formula is C15H22N2O3. The number of hydrogen-bond acceptors (Lipinski definition) is 4. The number of piperazine rings is 1. The number of aliphatic hydroxyl groups excluding tert-OH is 1. The van der Waals surface area contributed by atoms with Crippen molar-refractivity contribution in [3.63, 3.8) is 0 Å². The molecule has 1 N–H and O–H groups in total. The van der Waals surface area contributed by atoms with Gasteiger partial charge in [0.15, 0.2) is 0 Å². The number of carbonyl (C=O) groups is 1. The first-order valence-electron chi connectivity index (χ1n) is 7.08. The Morgan fingerprint density at radius 2 is 1.85 bits per heavy atom. The lowest BCUT2D eigenvalue weighted by atomic mass is 10.3. The molecule has 1 aliphatic rings. The van der Waals surface area contributed by atoms with Crippen LogP contribution in [0.15, 0.2) is 30.3 Å². The van der Waals surface area contributed by atoms with Gasteiger partial charge in [0.2, 0.25) is 5.91 Å². The number of benzene rings is 1. The molecule has 0 bridgehead atoms. The highest BCUT2D eigenvalue weighted by molar-refractivity contribution is 5.76. The van der Waals surface area contributed by atoms with Gasteiger partial charge >= 0.3 is 0 Å². The minimum absolute atomic E-state index is 0.143. The number of carbonyl (C=O) groups excluding carboxylic acids is 1. The molecule has 0 aromatic heterocycles. The number of para-hydroxylation sites is 1. The van der Waals surface area contributed by atoms with Gasteiger partial charge in [-0.05, 0) is 12.1 Å². The summed E-state index contributed by atoms with van der Waals surface area (Å²) >= 11 is 0. The van der Waals surface area contributed by atoms with Gasteiger partial charge in [-0.25, -0.2) is 0 Å². The smallest absolute Gasteiger partial charge is 0.226 e. The van der Waals surface area contributed by atoms with Crippen molar-refractivity contribution in [1.29, 1.82) is 0 Å². The highest BCUT2D eigenvalue weighted by atomic mass is 16.5. The second-order valence-electron chi connectivity index (χ2n) is 4.86. The van der Waals surface area contributed by atoms with Crippen molar-refractivity contribution >= 4 is 5.91 Å². The Morgan fingerprint density at radius 3 is 2.50 bits per heavy atom. The van der Waals surface area contributed by atoms with Gasteiger partial charge in [0.25, 0.3) is 0 Å². The summed E-state index contributed by atoms with van der Waals surface area (Å²) in [4.78, 5) is 16.1. The molecule has 1 heterocycles. The van der Waals surface area contributed by atoms with Gasteiger partial charge in [-0.1, -0.05) is 18.2 Å². The third kappa shape index (κ3) is 4.51. The largest absolute Gasteiger partial charge is 0.493 e. The average Bonchev–Trinajstić information content (AvgIpc) is 2.49. The highest BCUT2D eigenvalue weighted by Crippen LogP contribution is 2.09. The zero-order chi connectivity index (χ0) is 14.2. The van der Waals surface area contributed by atoms with Crippen molar-refractivity contribution < 1.29 is 14.6 Å². The molecule has 0 saturated carbocycles. The lowest BCUT2D eigenvalue weighted by Crippen LogP contribution is -2.49. The first-order valence-corrected chi connectivity index (χ1v) is 7.08. The Morgan fingerprint density at radius 1 is 1.15 bits per heavy atom. The average molecular weight is 278 g/mol. The fourth-order valence-electron chi connectivity index (χ4n) is 2.29. The van der Waals surface area contributed by atoms with Crippen molar-refractivity contribution in [1.82, 2.24) is 9.80 Å². The zero-order valence-electron chi connectivity index (χ0n) is 11.7. The SMILES string of the molecule is O=C(CCOc1ccccc1)N1CCN(CCO)CC1. The number of ether oxygens (including phenoxy) is 1. The van der Waals surface area contributed by atoms with Gasteiger partial charge in [-0.2, -0.15) is 0 Å². The van der Waals surface area contributed by atoms with Crippen LogP contribution in [0.25, 0.3) is 0 Å². The summed E-state index contributed by atoms with van der Waals surface area (Å²) in [6.07, 6.45) is 0.412. The third-order valence-electron chi connectivity index (χ3n) is 3.47. The minimum Gasteiger partial charge on any atom is -0.493 e. The fraction of sp³-hybridized carbons (Fsp3) is 0.533. The van der Waals surface area contributed by atoms with Crippen molar-refractivity contribution in [3.05, 3.63) is 30.3 Å². The van der Waals surface area contributed by atoms with E-state index in [1.54, 1.807) is 0 Å². The number of rotatable bonds is 6. The predicted octanol–water partition coefficient (Wildman–Crippen LogP) is 0.592. The van der Waals surface area contributed by atoms with E-state index in [9.17, 15) is 4.79 Å². The summed E-state index contributed by atoms with van der Waals surface area (Å²) in [6, 6.07) is 9.54. The molecule has 1 aromatic carbocycles. The summed E-state index contributed by atoms with van der Waals surface area (Å²) < 4.78 is 5.54. The first kappa shape index (κ1) is 14.8. The topological polar surface area (TPSA) is 53.0 Å². The maximum absolute atomic E-state index is 12.0. The molecule has 5 nitrogen and oxygen atoms in total. The molecule has 20 heavy (non-hydrogen) atoms. The van der Waals surface area contributed by atoms with Crippen LogP contribution in [-0.2, 0) is 4.79 Å². The third-order valence-corrected chi connectivity index (χ3v) is 3.47. The normalized spacial score (nSPS) is 16.1. The molecule has 2 rings (SSSR count). The second-order valence-corrected chi connectivity index (χ2v) is 4.86. The summed E-state index contributed by atoms with van der Waals surface area (Å²) in [5, 5.41) is 8.88. The molecule has 1 fully saturated rings. The van der Waals surface area contributed by atoms with E-state index in [1.807, 2.05) is 35.2 Å².